The minimum absolute atomic E-state index is 0.292. The summed E-state index contributed by atoms with van der Waals surface area (Å²) in [6.45, 7) is 7.40. The van der Waals surface area contributed by atoms with Crippen LogP contribution >= 0.6 is 0 Å². The largest absolute Gasteiger partial charge is 0.494 e. The lowest BCUT2D eigenvalue weighted by atomic mass is 10.2. The lowest BCUT2D eigenvalue weighted by Crippen LogP contribution is -2.22. The van der Waals surface area contributed by atoms with E-state index in [0.29, 0.717) is 48.7 Å². The monoisotopic (exact) mass is 488 g/mol. The first-order valence-electron chi connectivity index (χ1n) is 12.3. The zero-order valence-corrected chi connectivity index (χ0v) is 20.8. The first-order chi connectivity index (χ1) is 17.1. The van der Waals surface area contributed by atoms with E-state index in [-0.39, 0.29) is 0 Å². The third-order valence-electron chi connectivity index (χ3n) is 4.97. The number of unbranched alkanes of at least 4 members (excludes halogenated alkanes) is 3. The molecule has 2 aromatic rings. The van der Waals surface area contributed by atoms with Gasteiger partial charge in [-0.25, -0.2) is 9.59 Å². The van der Waals surface area contributed by atoms with Crippen LogP contribution < -0.4 is 9.47 Å². The van der Waals surface area contributed by atoms with Crippen molar-refractivity contribution in [1.82, 2.24) is 0 Å². The molecular formula is C27H36O8. The lowest BCUT2D eigenvalue weighted by Gasteiger charge is -2.15. The Bertz CT molecular complexity index is 794. The van der Waals surface area contributed by atoms with E-state index in [1.807, 2.05) is 6.92 Å². The summed E-state index contributed by atoms with van der Waals surface area (Å²) in [7, 11) is 0. The Morgan fingerprint density at radius 1 is 0.629 bits per heavy atom. The van der Waals surface area contributed by atoms with Crippen molar-refractivity contribution in [2.45, 2.75) is 72.0 Å². The summed E-state index contributed by atoms with van der Waals surface area (Å²) in [4.78, 5) is 44.7. The Balaban J connectivity index is 1.83. The second kappa shape index (κ2) is 16.5. The van der Waals surface area contributed by atoms with Crippen LogP contribution in [-0.2, 0) is 19.6 Å². The van der Waals surface area contributed by atoms with Gasteiger partial charge in [-0.2, -0.15) is 0 Å². The number of ether oxygens (including phenoxy) is 2. The van der Waals surface area contributed by atoms with E-state index >= 15 is 0 Å². The summed E-state index contributed by atoms with van der Waals surface area (Å²) in [6.07, 6.45) is 4.87. The molecule has 0 heterocycles. The van der Waals surface area contributed by atoms with Crippen LogP contribution in [0.3, 0.4) is 0 Å². The summed E-state index contributed by atoms with van der Waals surface area (Å²) in [5.41, 5.74) is 0.584. The molecule has 0 saturated heterocycles. The van der Waals surface area contributed by atoms with Gasteiger partial charge in [0.15, 0.2) is 0 Å². The molecule has 0 aliphatic carbocycles. The zero-order chi connectivity index (χ0) is 25.3. The van der Waals surface area contributed by atoms with Crippen LogP contribution in [0.5, 0.6) is 11.5 Å². The third kappa shape index (κ3) is 10.8. The van der Waals surface area contributed by atoms with E-state index in [4.69, 9.17) is 29.0 Å². The molecule has 0 fully saturated rings. The molecule has 0 unspecified atom stereocenters. The molecule has 0 aliphatic rings. The molecule has 0 amide bonds. The Labute approximate surface area is 207 Å². The molecule has 8 heteroatoms. The average Bonchev–Trinajstić information content (AvgIpc) is 2.89. The quantitative estimate of drug-likeness (QED) is 0.109. The van der Waals surface area contributed by atoms with Gasteiger partial charge in [0.25, 0.3) is 0 Å². The first kappa shape index (κ1) is 28.1. The van der Waals surface area contributed by atoms with Gasteiger partial charge in [0.1, 0.15) is 11.5 Å². The van der Waals surface area contributed by atoms with Gasteiger partial charge in [0.2, 0.25) is 6.29 Å². The highest BCUT2D eigenvalue weighted by Crippen LogP contribution is 2.17. The molecule has 0 saturated carbocycles. The van der Waals surface area contributed by atoms with Crippen molar-refractivity contribution in [2.75, 3.05) is 13.2 Å². The Kier molecular flexibility index (Phi) is 13.3. The summed E-state index contributed by atoms with van der Waals surface area (Å²) < 4.78 is 11.2. The molecule has 8 nitrogen and oxygen atoms in total. The molecule has 192 valence electrons. The zero-order valence-electron chi connectivity index (χ0n) is 20.8. The van der Waals surface area contributed by atoms with Crippen LogP contribution in [0.4, 0.5) is 0 Å². The van der Waals surface area contributed by atoms with Crippen molar-refractivity contribution in [3.05, 3.63) is 59.7 Å². The number of hydrogen-bond donors (Lipinski definition) is 0. The molecule has 0 radical (unpaired) electrons. The summed E-state index contributed by atoms with van der Waals surface area (Å²) in [6, 6.07) is 13.1. The van der Waals surface area contributed by atoms with E-state index in [9.17, 15) is 9.59 Å². The van der Waals surface area contributed by atoms with Gasteiger partial charge < -0.3 is 9.47 Å². The molecule has 0 N–H and O–H groups in total. The van der Waals surface area contributed by atoms with Crippen LogP contribution in [0, 0.1) is 0 Å². The highest BCUT2D eigenvalue weighted by Gasteiger charge is 2.19. The molecule has 2 aromatic carbocycles. The summed E-state index contributed by atoms with van der Waals surface area (Å²) >= 11 is 0. The molecular weight excluding hydrogens is 452 g/mol. The van der Waals surface area contributed by atoms with Crippen LogP contribution in [0.2, 0.25) is 0 Å². The Hall–Kier alpha value is -3.10. The number of hydrogen-bond acceptors (Lipinski definition) is 8. The maximum atomic E-state index is 12.3. The molecule has 0 atom stereocenters. The van der Waals surface area contributed by atoms with E-state index in [1.165, 1.54) is 0 Å². The van der Waals surface area contributed by atoms with Crippen molar-refractivity contribution < 1.29 is 38.6 Å². The number of benzene rings is 2. The summed E-state index contributed by atoms with van der Waals surface area (Å²) in [5.74, 6) is -0.0412. The molecule has 0 bridgehead atoms. The van der Waals surface area contributed by atoms with Crippen molar-refractivity contribution in [3.8, 4) is 11.5 Å². The Morgan fingerprint density at radius 2 is 1.03 bits per heavy atom. The second-order valence-corrected chi connectivity index (χ2v) is 7.96. The van der Waals surface area contributed by atoms with Crippen LogP contribution in [0.15, 0.2) is 48.5 Å². The highest BCUT2D eigenvalue weighted by molar-refractivity contribution is 5.89. The second-order valence-electron chi connectivity index (χ2n) is 7.96. The van der Waals surface area contributed by atoms with Crippen molar-refractivity contribution in [3.63, 3.8) is 0 Å². The minimum Gasteiger partial charge on any atom is -0.494 e. The van der Waals surface area contributed by atoms with E-state index in [0.717, 1.165) is 32.1 Å². The first-order valence-corrected chi connectivity index (χ1v) is 12.3. The smallest absolute Gasteiger partial charge is 0.373 e. The predicted molar refractivity (Wildman–Crippen MR) is 130 cm³/mol. The number of rotatable bonds is 17. The van der Waals surface area contributed by atoms with Crippen LogP contribution in [0.25, 0.3) is 0 Å². The van der Waals surface area contributed by atoms with Gasteiger partial charge in [0, 0.05) is 6.42 Å². The minimum atomic E-state index is -1.06. The van der Waals surface area contributed by atoms with Crippen LogP contribution in [-0.4, -0.2) is 31.4 Å². The standard InChI is InChI=1S/C27H36O8/c1-4-7-10-25(32-34-26(28)21-11-15-23(16-12-21)30-19-8-5-2)33-35-27(29)22-13-17-24(18-14-22)31-20-9-6-3/h11-18,25H,4-10,19-20H2,1-3H3. The number of carbonyl (C=O) groups excluding carboxylic acids is 2. The molecule has 35 heavy (non-hydrogen) atoms. The van der Waals surface area contributed by atoms with Gasteiger partial charge in [-0.15, -0.1) is 9.78 Å². The summed E-state index contributed by atoms with van der Waals surface area (Å²) in [5, 5.41) is 0. The van der Waals surface area contributed by atoms with Crippen molar-refractivity contribution >= 4 is 11.9 Å². The average molecular weight is 489 g/mol. The van der Waals surface area contributed by atoms with E-state index < -0.39 is 18.2 Å². The van der Waals surface area contributed by atoms with Gasteiger partial charge >= 0.3 is 11.9 Å². The van der Waals surface area contributed by atoms with Crippen molar-refractivity contribution in [1.29, 1.82) is 0 Å². The van der Waals surface area contributed by atoms with E-state index in [2.05, 4.69) is 13.8 Å². The number of carbonyl (C=O) groups is 2. The molecule has 0 aliphatic heterocycles. The van der Waals surface area contributed by atoms with Gasteiger partial charge in [0.05, 0.1) is 24.3 Å². The van der Waals surface area contributed by atoms with Crippen molar-refractivity contribution in [2.24, 2.45) is 0 Å². The van der Waals surface area contributed by atoms with E-state index in [1.54, 1.807) is 48.5 Å². The third-order valence-corrected chi connectivity index (χ3v) is 4.97. The fourth-order valence-corrected chi connectivity index (χ4v) is 2.82. The van der Waals surface area contributed by atoms with Gasteiger partial charge in [-0.05, 0) is 67.8 Å². The van der Waals surface area contributed by atoms with Crippen LogP contribution in [0.1, 0.15) is 86.4 Å². The topological polar surface area (TPSA) is 89.5 Å². The maximum absolute atomic E-state index is 12.3. The molecule has 2 rings (SSSR count). The fourth-order valence-electron chi connectivity index (χ4n) is 2.82. The SMILES string of the molecule is CCCCOc1ccc(C(=O)OOC(CCCC)OOC(=O)c2ccc(OCCCC)cc2)cc1. The molecule has 0 spiro atoms. The maximum Gasteiger partial charge on any atom is 0.373 e. The normalized spacial score (nSPS) is 10.7. The lowest BCUT2D eigenvalue weighted by molar-refractivity contribution is -0.421. The molecule has 0 aromatic heterocycles. The fraction of sp³-hybridized carbons (Fsp3) is 0.481. The van der Waals surface area contributed by atoms with Gasteiger partial charge in [-0.1, -0.05) is 40.0 Å². The van der Waals surface area contributed by atoms with Gasteiger partial charge in [-0.3, -0.25) is 9.78 Å². The Morgan fingerprint density at radius 3 is 1.40 bits per heavy atom. The predicted octanol–water partition coefficient (Wildman–Crippen LogP) is 6.44. The highest BCUT2D eigenvalue weighted by atomic mass is 17.3.